The lowest BCUT2D eigenvalue weighted by Crippen LogP contribution is -2.44. The van der Waals surface area contributed by atoms with Crippen LogP contribution in [0.4, 0.5) is 18.9 Å². The quantitative estimate of drug-likeness (QED) is 0.294. The van der Waals surface area contributed by atoms with E-state index in [1.54, 1.807) is 6.07 Å². The molecule has 3 rings (SSSR count). The number of aromatic nitrogens is 2. The number of hydrogen-bond acceptors (Lipinski definition) is 7. The maximum absolute atomic E-state index is 13.2. The van der Waals surface area contributed by atoms with E-state index in [0.717, 1.165) is 16.8 Å². The number of amides is 1. The van der Waals surface area contributed by atoms with Crippen LogP contribution in [0.5, 0.6) is 5.88 Å². The molecule has 1 amide bonds. The molecule has 10 nitrogen and oxygen atoms in total. The van der Waals surface area contributed by atoms with E-state index >= 15 is 0 Å². The minimum absolute atomic E-state index is 0.0851. The predicted molar refractivity (Wildman–Crippen MR) is 116 cm³/mol. The van der Waals surface area contributed by atoms with E-state index in [1.165, 1.54) is 30.3 Å². The highest BCUT2D eigenvalue weighted by Crippen LogP contribution is 2.33. The summed E-state index contributed by atoms with van der Waals surface area (Å²) in [7, 11) is 0. The summed E-state index contributed by atoms with van der Waals surface area (Å²) in [4.78, 5) is 22.5. The van der Waals surface area contributed by atoms with E-state index < -0.39 is 53.9 Å². The van der Waals surface area contributed by atoms with Gasteiger partial charge in [-0.25, -0.2) is 0 Å². The smallest absolute Gasteiger partial charge is 0.435 e. The van der Waals surface area contributed by atoms with Crippen LogP contribution in [0.1, 0.15) is 17.4 Å². The minimum Gasteiger partial charge on any atom is -0.467 e. The van der Waals surface area contributed by atoms with Crippen LogP contribution in [0.15, 0.2) is 54.6 Å². The van der Waals surface area contributed by atoms with Crippen molar-refractivity contribution in [2.45, 2.75) is 18.3 Å². The first-order chi connectivity index (χ1) is 16.5. The van der Waals surface area contributed by atoms with Gasteiger partial charge < -0.3 is 20.3 Å². The van der Waals surface area contributed by atoms with Crippen molar-refractivity contribution in [1.29, 1.82) is 0 Å². The number of alkyl halides is 3. The first kappa shape index (κ1) is 25.9. The Kier molecular flexibility index (Phi) is 7.94. The number of benzene rings is 2. The number of nitro groups is 1. The van der Waals surface area contributed by atoms with Crippen LogP contribution in [0.25, 0.3) is 5.69 Å². The fourth-order valence-electron chi connectivity index (χ4n) is 3.04. The number of para-hydroxylation sites is 1. The second-order valence-corrected chi connectivity index (χ2v) is 7.57. The summed E-state index contributed by atoms with van der Waals surface area (Å²) in [5.74, 6) is -1.29. The third kappa shape index (κ3) is 6.26. The van der Waals surface area contributed by atoms with Gasteiger partial charge in [-0.15, -0.1) is 0 Å². The largest absolute Gasteiger partial charge is 0.467 e. The van der Waals surface area contributed by atoms with Gasteiger partial charge >= 0.3 is 6.18 Å². The molecular formula is C21H18ClF3N4O6. The van der Waals surface area contributed by atoms with Gasteiger partial charge in [0, 0.05) is 18.2 Å². The predicted octanol–water partition coefficient (Wildman–Crippen LogP) is 3.04. The SMILES string of the molecule is O=C(COc1cc(C(F)(F)F)nn1-c1ccccc1Cl)N[C@@H](CO)[C@@H](O)c1ccc([N+](=O)[O-])cc1. The Bertz CT molecular complexity index is 1200. The molecule has 186 valence electrons. The van der Waals surface area contributed by atoms with Gasteiger partial charge in [-0.3, -0.25) is 14.9 Å². The highest BCUT2D eigenvalue weighted by molar-refractivity contribution is 6.32. The highest BCUT2D eigenvalue weighted by Gasteiger charge is 2.36. The molecule has 0 unspecified atom stereocenters. The summed E-state index contributed by atoms with van der Waals surface area (Å²) in [6, 6.07) is 10.1. The molecule has 0 saturated carbocycles. The van der Waals surface area contributed by atoms with Crippen molar-refractivity contribution in [3.8, 4) is 11.6 Å². The van der Waals surface area contributed by atoms with Gasteiger partial charge in [0.25, 0.3) is 11.6 Å². The molecule has 2 aromatic carbocycles. The van der Waals surface area contributed by atoms with Gasteiger partial charge in [-0.05, 0) is 29.8 Å². The third-order valence-corrected chi connectivity index (χ3v) is 5.09. The summed E-state index contributed by atoms with van der Waals surface area (Å²) >= 11 is 6.05. The lowest BCUT2D eigenvalue weighted by atomic mass is 10.0. The third-order valence-electron chi connectivity index (χ3n) is 4.77. The Balaban J connectivity index is 1.73. The molecule has 3 N–H and O–H groups in total. The van der Waals surface area contributed by atoms with E-state index in [9.17, 15) is 38.3 Å². The fourth-order valence-corrected chi connectivity index (χ4v) is 3.26. The number of aliphatic hydroxyl groups is 2. The van der Waals surface area contributed by atoms with Gasteiger partial charge in [0.2, 0.25) is 5.88 Å². The molecule has 0 spiro atoms. The first-order valence-corrected chi connectivity index (χ1v) is 10.3. The van der Waals surface area contributed by atoms with Gasteiger partial charge in [-0.2, -0.15) is 23.0 Å². The Morgan fingerprint density at radius 3 is 2.46 bits per heavy atom. The van der Waals surface area contributed by atoms with Gasteiger partial charge in [-0.1, -0.05) is 23.7 Å². The zero-order valence-corrected chi connectivity index (χ0v) is 18.4. The fraction of sp³-hybridized carbons (Fsp3) is 0.238. The lowest BCUT2D eigenvalue weighted by Gasteiger charge is -2.22. The number of aliphatic hydroxyl groups excluding tert-OH is 2. The average Bonchev–Trinajstić information content (AvgIpc) is 3.26. The monoisotopic (exact) mass is 514 g/mol. The number of rotatable bonds is 9. The number of nitrogens with one attached hydrogen (secondary N) is 1. The number of hydrogen-bond donors (Lipinski definition) is 3. The van der Waals surface area contributed by atoms with E-state index in [0.29, 0.717) is 6.07 Å². The summed E-state index contributed by atoms with van der Waals surface area (Å²) in [6.07, 6.45) is -6.22. The number of halogens is 4. The van der Waals surface area contributed by atoms with Crippen molar-refractivity contribution in [1.82, 2.24) is 15.1 Å². The maximum atomic E-state index is 13.2. The number of nitrogens with zero attached hydrogens (tertiary/aromatic N) is 3. The Morgan fingerprint density at radius 2 is 1.89 bits per heavy atom. The highest BCUT2D eigenvalue weighted by atomic mass is 35.5. The van der Waals surface area contributed by atoms with Crippen molar-refractivity contribution in [2.75, 3.05) is 13.2 Å². The average molecular weight is 515 g/mol. The van der Waals surface area contributed by atoms with Crippen LogP contribution < -0.4 is 10.1 Å². The summed E-state index contributed by atoms with van der Waals surface area (Å²) < 4.78 is 45.6. The molecular weight excluding hydrogens is 497 g/mol. The first-order valence-electron chi connectivity index (χ1n) is 9.89. The molecule has 14 heteroatoms. The van der Waals surface area contributed by atoms with E-state index in [1.807, 2.05) is 0 Å². The van der Waals surface area contributed by atoms with Crippen molar-refractivity contribution < 1.29 is 37.8 Å². The molecule has 35 heavy (non-hydrogen) atoms. The Hall–Kier alpha value is -3.68. The van der Waals surface area contributed by atoms with Crippen molar-refractivity contribution in [3.63, 3.8) is 0 Å². The van der Waals surface area contributed by atoms with E-state index in [-0.39, 0.29) is 22.0 Å². The molecule has 0 radical (unpaired) electrons. The number of carbonyl (C=O) groups excluding carboxylic acids is 1. The lowest BCUT2D eigenvalue weighted by molar-refractivity contribution is -0.384. The maximum Gasteiger partial charge on any atom is 0.435 e. The Labute approximate surface area is 200 Å². The number of ether oxygens (including phenoxy) is 1. The summed E-state index contributed by atoms with van der Waals surface area (Å²) in [6.45, 7) is -1.49. The molecule has 0 bridgehead atoms. The van der Waals surface area contributed by atoms with E-state index in [4.69, 9.17) is 16.3 Å². The topological polar surface area (TPSA) is 140 Å². The molecule has 0 fully saturated rings. The normalized spacial score (nSPS) is 13.2. The molecule has 0 aliphatic heterocycles. The van der Waals surface area contributed by atoms with Crippen molar-refractivity contribution in [2.24, 2.45) is 0 Å². The van der Waals surface area contributed by atoms with Crippen LogP contribution in [-0.2, 0) is 11.0 Å². The molecule has 1 heterocycles. The van der Waals surface area contributed by atoms with Crippen LogP contribution in [0.2, 0.25) is 5.02 Å². The van der Waals surface area contributed by atoms with Crippen molar-refractivity contribution >= 4 is 23.2 Å². The second-order valence-electron chi connectivity index (χ2n) is 7.17. The van der Waals surface area contributed by atoms with Crippen molar-refractivity contribution in [3.05, 3.63) is 81.0 Å². The van der Waals surface area contributed by atoms with Gasteiger partial charge in [0.1, 0.15) is 6.10 Å². The van der Waals surface area contributed by atoms with Crippen LogP contribution in [-0.4, -0.2) is 50.1 Å². The van der Waals surface area contributed by atoms with Crippen LogP contribution >= 0.6 is 11.6 Å². The molecule has 1 aromatic heterocycles. The molecule has 0 aliphatic rings. The van der Waals surface area contributed by atoms with Crippen LogP contribution in [0.3, 0.4) is 0 Å². The van der Waals surface area contributed by atoms with Gasteiger partial charge in [0.15, 0.2) is 12.3 Å². The minimum atomic E-state index is -4.79. The summed E-state index contributed by atoms with van der Waals surface area (Å²) in [5.41, 5.74) is -1.22. The standard InChI is InChI=1S/C21H18ClF3N4O6/c22-14-3-1-2-4-16(14)28-19(9-17(27-28)21(23,24)25)35-11-18(31)26-15(10-30)20(32)12-5-7-13(8-6-12)29(33)34/h1-9,15,20,30,32H,10-11H2,(H,26,31)/t15-,20-/m0/s1. The summed E-state index contributed by atoms with van der Waals surface area (Å²) in [5, 5.41) is 36.6. The molecule has 0 saturated heterocycles. The van der Waals surface area contributed by atoms with E-state index in [2.05, 4.69) is 10.4 Å². The van der Waals surface area contributed by atoms with Gasteiger partial charge in [0.05, 0.1) is 28.3 Å². The van der Waals surface area contributed by atoms with Crippen LogP contribution in [0, 0.1) is 10.1 Å². The second kappa shape index (κ2) is 10.7. The molecule has 2 atom stereocenters. The molecule has 0 aliphatic carbocycles. The number of nitro benzene ring substituents is 1. The zero-order valence-electron chi connectivity index (χ0n) is 17.6. The molecule has 3 aromatic rings. The zero-order chi connectivity index (χ0) is 25.8. The Morgan fingerprint density at radius 1 is 1.23 bits per heavy atom. The number of non-ortho nitro benzene ring substituents is 1. The number of carbonyl (C=O) groups is 1.